The van der Waals surface area contributed by atoms with Crippen molar-refractivity contribution in [3.8, 4) is 0 Å². The first-order valence-corrected chi connectivity index (χ1v) is 43.6. The lowest BCUT2D eigenvalue weighted by molar-refractivity contribution is -0.290. The molecule has 33 nitrogen and oxygen atoms in total. The second-order valence-electron chi connectivity index (χ2n) is 36.1. The molecule has 123 heavy (non-hydrogen) atoms. The summed E-state index contributed by atoms with van der Waals surface area (Å²) in [6, 6.07) is 16.0. The number of unbranched alkanes of at least 4 members (excludes halogenated alkanes) is 2. The van der Waals surface area contributed by atoms with Crippen molar-refractivity contribution in [2.24, 2.45) is 51.7 Å². The first-order valence-electron chi connectivity index (χ1n) is 43.6. The van der Waals surface area contributed by atoms with Crippen molar-refractivity contribution in [2.75, 3.05) is 94.9 Å². The van der Waals surface area contributed by atoms with Crippen LogP contribution in [0.3, 0.4) is 0 Å². The number of aliphatic hydroxyl groups excluding tert-OH is 1. The second kappa shape index (κ2) is 46.6. The number of esters is 4. The normalized spacial score (nSPS) is 31.7. The Hall–Kier alpha value is -7.75. The lowest BCUT2D eigenvalue weighted by Gasteiger charge is -2.48. The molecule has 0 saturated carbocycles. The third-order valence-corrected chi connectivity index (χ3v) is 25.7. The molecule has 0 bridgehead atoms. The largest absolute Gasteiger partial charge is 0.459 e. The zero-order chi connectivity index (χ0) is 90.5. The Balaban J connectivity index is 0.000000378. The predicted molar refractivity (Wildman–Crippen MR) is 463 cm³/mol. The molecule has 8 rings (SSSR count). The number of hydrogen-bond donors (Lipinski definition) is 3. The quantitative estimate of drug-likeness (QED) is 0.0108. The van der Waals surface area contributed by atoms with Gasteiger partial charge in [0.25, 0.3) is 0 Å². The van der Waals surface area contributed by atoms with Crippen molar-refractivity contribution < 1.29 is 100 Å². The highest BCUT2D eigenvalue weighted by Gasteiger charge is 2.60. The Morgan fingerprint density at radius 1 is 0.740 bits per heavy atom. The number of ketones is 1. The van der Waals surface area contributed by atoms with E-state index in [1.54, 1.807) is 114 Å². The van der Waals surface area contributed by atoms with Gasteiger partial charge in [0, 0.05) is 112 Å². The summed E-state index contributed by atoms with van der Waals surface area (Å²) in [5, 5.41) is 25.7. The van der Waals surface area contributed by atoms with Crippen molar-refractivity contribution in [3.05, 3.63) is 104 Å². The number of aliphatic hydroxyl groups is 1. The number of carbonyl (C=O) groups is 7. The molecule has 2 aromatic rings. The standard InChI is InChI=1S/C46H74N6O11.C43H68N6O10.CH4/c1-14-36(53)46(10)38(52(43(56)63-46)23-19-18-22-49-50-47)32(6)48-26-28(2)25-45(9,57-13)39(30(4)37-31(5)40(54)62-44(7,8)61-37)60-42-29(3)35(51(11)12)24-34(59-42)27-58-41(55)33-20-16-15-17-21-33;1-12-34-43(8)36(49(41(53)59-43)21-17-16-20-46-47-44)30(6)45-24-26(2)23-42(7,54-11)37(28(4)35(50)29(5)38(51)57-34)58-40-27(3)33(48(9)10)22-32(56-40)25-55-39(52)31-18-14-13-15-19-31;/h15-17,20-21,28-30,32,34-36,38-39,42,48,53H,14,18-19,22-27H2,1-13H3;13-15,18-19,26-30,32-34,36-37,40,45H,12,16-17,20-25H2,1-11H3;1H4/t28-,29?,30+,32-,34?,35?,36-,38-,39-,42+,45-,46-;26-,27?,28+,29-,30-,32?,33?,34-,36-,37-,40+,42-,43-;/m11./s1. The van der Waals surface area contributed by atoms with Gasteiger partial charge in [-0.25, -0.2) is 24.0 Å². The Bertz CT molecular complexity index is 3890. The monoisotopic (exact) mass is 1730 g/mol. The first-order chi connectivity index (χ1) is 57.5. The van der Waals surface area contributed by atoms with E-state index in [-0.39, 0.29) is 74.3 Å². The van der Waals surface area contributed by atoms with E-state index in [9.17, 15) is 38.7 Å². The molecule has 6 aliphatic heterocycles. The number of carbonyl (C=O) groups excluding carboxylic acids is 7. The van der Waals surface area contributed by atoms with Crippen LogP contribution < -0.4 is 10.6 Å². The Kier molecular flexibility index (Phi) is 39.4. The van der Waals surface area contributed by atoms with Gasteiger partial charge >= 0.3 is 36.1 Å². The summed E-state index contributed by atoms with van der Waals surface area (Å²) < 4.78 is 81.9. The van der Waals surface area contributed by atoms with Crippen LogP contribution in [0, 0.1) is 41.4 Å². The van der Waals surface area contributed by atoms with Gasteiger partial charge in [-0.3, -0.25) is 19.4 Å². The molecule has 6 heterocycles. The molecular formula is C90H146N12O21. The maximum Gasteiger partial charge on any atom is 0.410 e. The number of Topliss-reactive ketones (excluding diaryl/α,β-unsaturated/α-hetero) is 1. The van der Waals surface area contributed by atoms with Crippen molar-refractivity contribution in [1.82, 2.24) is 30.2 Å². The topological polar surface area (TPSA) is 394 Å². The number of benzene rings is 2. The number of azide groups is 2. The fraction of sp³-hybridized carbons (Fsp3) is 0.767. The van der Waals surface area contributed by atoms with Crippen LogP contribution in [0.15, 0.2) is 82.2 Å². The molecule has 6 aliphatic rings. The van der Waals surface area contributed by atoms with E-state index in [4.69, 9.17) is 72.6 Å². The molecule has 0 aromatic heterocycles. The van der Waals surface area contributed by atoms with Crippen molar-refractivity contribution in [2.45, 2.75) is 310 Å². The summed E-state index contributed by atoms with van der Waals surface area (Å²) in [6.07, 6.45) is -1.72. The highest BCUT2D eigenvalue weighted by Crippen LogP contribution is 2.45. The van der Waals surface area contributed by atoms with Gasteiger partial charge in [0.1, 0.15) is 31.0 Å². The Labute approximate surface area is 729 Å². The zero-order valence-corrected chi connectivity index (χ0v) is 76.7. The van der Waals surface area contributed by atoms with Crippen LogP contribution >= 0.6 is 0 Å². The number of nitrogens with zero attached hydrogens (tertiary/aromatic N) is 10. The summed E-state index contributed by atoms with van der Waals surface area (Å²) in [4.78, 5) is 108. The maximum absolute atomic E-state index is 14.5. The Morgan fingerprint density at radius 2 is 1.26 bits per heavy atom. The van der Waals surface area contributed by atoms with Gasteiger partial charge in [-0.1, -0.05) is 109 Å². The lowest BCUT2D eigenvalue weighted by atomic mass is 9.78. The van der Waals surface area contributed by atoms with E-state index >= 15 is 0 Å². The molecule has 25 atom stereocenters. The summed E-state index contributed by atoms with van der Waals surface area (Å²) in [5.41, 5.74) is 14.2. The average Bonchev–Trinajstić information content (AvgIpc) is 1.64. The number of hydrogen-bond acceptors (Lipinski definition) is 27. The molecule has 0 radical (unpaired) electrons. The molecule has 33 heteroatoms. The van der Waals surface area contributed by atoms with E-state index in [2.05, 4.69) is 61.3 Å². The lowest BCUT2D eigenvalue weighted by Crippen LogP contribution is -2.61. The highest BCUT2D eigenvalue weighted by molar-refractivity contribution is 6.00. The van der Waals surface area contributed by atoms with E-state index in [0.29, 0.717) is 126 Å². The average molecular weight is 1730 g/mol. The van der Waals surface area contributed by atoms with E-state index < -0.39 is 143 Å². The number of rotatable bonds is 36. The van der Waals surface area contributed by atoms with Crippen LogP contribution in [0.2, 0.25) is 0 Å². The fourth-order valence-corrected chi connectivity index (χ4v) is 18.9. The second-order valence-corrected chi connectivity index (χ2v) is 36.1. The highest BCUT2D eigenvalue weighted by atomic mass is 16.7. The van der Waals surface area contributed by atoms with Gasteiger partial charge in [0.2, 0.25) is 5.79 Å². The van der Waals surface area contributed by atoms with Crippen LogP contribution in [0.1, 0.15) is 217 Å². The summed E-state index contributed by atoms with van der Waals surface area (Å²) in [7, 11) is 11.2. The molecular weight excluding hydrogens is 1590 g/mol. The molecule has 5 saturated heterocycles. The van der Waals surface area contributed by atoms with Gasteiger partial charge in [-0.05, 0) is 208 Å². The maximum atomic E-state index is 14.5. The molecule has 6 unspecified atom stereocenters. The summed E-state index contributed by atoms with van der Waals surface area (Å²) >= 11 is 0. The number of fused-ring (bicyclic) bond motifs is 1. The molecule has 692 valence electrons. The van der Waals surface area contributed by atoms with Crippen molar-refractivity contribution >= 4 is 41.8 Å². The first kappa shape index (κ1) is 104. The van der Waals surface area contributed by atoms with Crippen molar-refractivity contribution in [1.29, 1.82) is 0 Å². The number of methoxy groups -OCH3 is 2. The van der Waals surface area contributed by atoms with Gasteiger partial charge in [0.05, 0.1) is 70.5 Å². The van der Waals surface area contributed by atoms with Crippen molar-refractivity contribution in [3.63, 3.8) is 0 Å². The molecule has 2 aromatic carbocycles. The van der Waals surface area contributed by atoms with Gasteiger partial charge in [-0.2, -0.15) is 0 Å². The molecule has 2 amide bonds. The number of cyclic esters (lactones) is 3. The third-order valence-electron chi connectivity index (χ3n) is 25.7. The van der Waals surface area contributed by atoms with Crippen LogP contribution in [-0.2, 0) is 76.0 Å². The minimum Gasteiger partial charge on any atom is -0.459 e. The van der Waals surface area contributed by atoms with Gasteiger partial charge in [-0.15, -0.1) is 0 Å². The summed E-state index contributed by atoms with van der Waals surface area (Å²) in [6.45, 7) is 36.2. The molecule has 3 N–H and O–H groups in total. The minimum atomic E-state index is -1.24. The van der Waals surface area contributed by atoms with E-state index in [0.717, 1.165) is 0 Å². The number of amides is 2. The van der Waals surface area contributed by atoms with Crippen LogP contribution in [0.4, 0.5) is 9.59 Å². The molecule has 0 aliphatic carbocycles. The zero-order valence-electron chi connectivity index (χ0n) is 76.7. The van der Waals surface area contributed by atoms with E-state index in [1.807, 2.05) is 95.7 Å². The molecule has 0 spiro atoms. The summed E-state index contributed by atoms with van der Waals surface area (Å²) in [5.74, 6) is -6.21. The minimum absolute atomic E-state index is 0. The number of nitrogens with one attached hydrogen (secondary N) is 2. The SMILES string of the molecule is C.CC[C@@H](O)[C@@]1(C)OC(=O)N(CCCCN=[N+]=[N-])[C@@H]1[C@@H](C)NC[C@H](C)C[C@@](C)(OC)[C@H](O[C@@H]1OC(COC(=O)c2ccccc2)CC(N(C)C)C1C)[C@@H](C)C1=C(C)C(=O)OC(C)(C)O1.CC[C@H]1OC(=O)[C@H](C)C(=O)[C@H](C)[C@@H](O[C@@H]2OC(COC(=O)c3ccccc3)CC(N(C)C)C2C)[C@](C)(OC)C[C@@H](C)CN[C@H](C)[C@H]2N(CCCCN=[N+]=[N-])C(=O)O[C@]12C. The smallest absolute Gasteiger partial charge is 0.410 e. The van der Waals surface area contributed by atoms with Gasteiger partial charge < -0.3 is 87.1 Å². The van der Waals surface area contributed by atoms with Crippen LogP contribution in [-0.4, -0.2) is 275 Å². The predicted octanol–water partition coefficient (Wildman–Crippen LogP) is 13.8. The van der Waals surface area contributed by atoms with Crippen LogP contribution in [0.25, 0.3) is 20.9 Å². The Morgan fingerprint density at radius 3 is 1.76 bits per heavy atom. The number of ether oxygens (including phenoxy) is 13. The van der Waals surface area contributed by atoms with E-state index in [1.165, 1.54) is 6.92 Å². The van der Waals surface area contributed by atoms with Crippen LogP contribution in [0.5, 0.6) is 0 Å². The fourth-order valence-electron chi connectivity index (χ4n) is 18.9. The van der Waals surface area contributed by atoms with Gasteiger partial charge in [0.15, 0.2) is 29.6 Å². The molecule has 5 fully saturated rings. The third kappa shape index (κ3) is 26.2.